The first-order valence-electron chi connectivity index (χ1n) is 14.1. The molecule has 5 aromatic rings. The van der Waals surface area contributed by atoms with Gasteiger partial charge in [-0.2, -0.15) is 5.10 Å². The van der Waals surface area contributed by atoms with Crippen LogP contribution in [0.2, 0.25) is 0 Å². The van der Waals surface area contributed by atoms with Gasteiger partial charge in [0.1, 0.15) is 35.2 Å². The van der Waals surface area contributed by atoms with Crippen LogP contribution in [-0.2, 0) is 4.79 Å². The quantitative estimate of drug-likeness (QED) is 0.255. The Kier molecular flexibility index (Phi) is 7.94. The van der Waals surface area contributed by atoms with E-state index in [2.05, 4.69) is 30.4 Å². The van der Waals surface area contributed by atoms with Gasteiger partial charge in [-0.3, -0.25) is 4.79 Å². The summed E-state index contributed by atoms with van der Waals surface area (Å²) in [5.74, 6) is 1.23. The van der Waals surface area contributed by atoms with Gasteiger partial charge < -0.3 is 19.9 Å². The fourth-order valence-electron chi connectivity index (χ4n) is 4.96. The number of fused-ring (bicyclic) bond motifs is 2. The first-order chi connectivity index (χ1) is 21.3. The molecule has 0 radical (unpaired) electrons. The van der Waals surface area contributed by atoms with Crippen molar-refractivity contribution in [1.82, 2.24) is 44.3 Å². The molecule has 0 bridgehead atoms. The van der Waals surface area contributed by atoms with Gasteiger partial charge in [0.25, 0.3) is 0 Å². The highest BCUT2D eigenvalue weighted by Gasteiger charge is 2.24. The van der Waals surface area contributed by atoms with Crippen LogP contribution in [0.1, 0.15) is 24.7 Å². The van der Waals surface area contributed by atoms with E-state index in [4.69, 9.17) is 9.72 Å². The highest BCUT2D eigenvalue weighted by molar-refractivity contribution is 5.89. The Balaban J connectivity index is 1.22. The Morgan fingerprint density at radius 2 is 2.05 bits per heavy atom. The summed E-state index contributed by atoms with van der Waals surface area (Å²) in [6, 6.07) is 6.61. The molecule has 4 aromatic heterocycles. The molecular formula is C31H31FN10O2. The lowest BCUT2D eigenvalue weighted by Gasteiger charge is -2.31. The number of pyridine rings is 1. The largest absolute Gasteiger partial charge is 0.457 e. The van der Waals surface area contributed by atoms with Crippen LogP contribution in [0.15, 0.2) is 67.5 Å². The second-order valence-corrected chi connectivity index (χ2v) is 10.7. The maximum absolute atomic E-state index is 15.6. The van der Waals surface area contributed by atoms with Crippen LogP contribution in [0.4, 0.5) is 15.9 Å². The van der Waals surface area contributed by atoms with Gasteiger partial charge in [-0.25, -0.2) is 33.8 Å². The Hall–Kier alpha value is -5.30. The number of aromatic nitrogens is 7. The van der Waals surface area contributed by atoms with E-state index in [-0.39, 0.29) is 17.6 Å². The molecule has 224 valence electrons. The topological polar surface area (TPSA) is 127 Å². The van der Waals surface area contributed by atoms with Crippen LogP contribution >= 0.6 is 0 Å². The van der Waals surface area contributed by atoms with Crippen molar-refractivity contribution in [2.45, 2.75) is 26.3 Å². The molecule has 1 aliphatic heterocycles. The van der Waals surface area contributed by atoms with E-state index in [1.54, 1.807) is 54.2 Å². The minimum Gasteiger partial charge on any atom is -0.457 e. The molecule has 13 heteroatoms. The number of carbonyl (C=O) groups excluding carboxylic acids is 1. The number of halogens is 1. The number of rotatable bonds is 8. The Morgan fingerprint density at radius 3 is 2.86 bits per heavy atom. The zero-order valence-electron chi connectivity index (χ0n) is 24.8. The lowest BCUT2D eigenvalue weighted by atomic mass is 10.0. The summed E-state index contributed by atoms with van der Waals surface area (Å²) in [6.45, 7) is 4.86. The molecule has 6 rings (SSSR count). The monoisotopic (exact) mass is 594 g/mol. The fraction of sp³-hybridized carbons (Fsp3) is 0.258. The Labute approximate surface area is 253 Å². The normalized spacial score (nSPS) is 15.4. The zero-order chi connectivity index (χ0) is 30.8. The second-order valence-electron chi connectivity index (χ2n) is 10.7. The van der Waals surface area contributed by atoms with Crippen LogP contribution in [0, 0.1) is 12.7 Å². The van der Waals surface area contributed by atoms with Crippen molar-refractivity contribution in [3.05, 3.63) is 84.7 Å². The van der Waals surface area contributed by atoms with Crippen LogP contribution in [-0.4, -0.2) is 83.5 Å². The van der Waals surface area contributed by atoms with Gasteiger partial charge in [-0.15, -0.1) is 0 Å². The molecule has 44 heavy (non-hydrogen) atoms. The molecule has 0 unspecified atom stereocenters. The third-order valence-electron chi connectivity index (χ3n) is 7.30. The lowest BCUT2D eigenvalue weighted by Crippen LogP contribution is -2.40. The summed E-state index contributed by atoms with van der Waals surface area (Å²) in [7, 11) is 3.91. The zero-order valence-corrected chi connectivity index (χ0v) is 24.8. The average Bonchev–Trinajstić information content (AvgIpc) is 3.48. The van der Waals surface area contributed by atoms with E-state index in [1.807, 2.05) is 43.0 Å². The van der Waals surface area contributed by atoms with Crippen molar-refractivity contribution in [2.24, 2.45) is 0 Å². The predicted molar refractivity (Wildman–Crippen MR) is 164 cm³/mol. The minimum atomic E-state index is -0.486. The summed E-state index contributed by atoms with van der Waals surface area (Å²) >= 11 is 0. The van der Waals surface area contributed by atoms with Gasteiger partial charge in [0.2, 0.25) is 5.91 Å². The first-order valence-corrected chi connectivity index (χ1v) is 14.1. The smallest absolute Gasteiger partial charge is 0.246 e. The number of benzene rings is 1. The van der Waals surface area contributed by atoms with Crippen molar-refractivity contribution in [3.8, 4) is 11.5 Å². The van der Waals surface area contributed by atoms with Crippen molar-refractivity contribution >= 4 is 39.7 Å². The maximum Gasteiger partial charge on any atom is 0.246 e. The molecule has 0 saturated carbocycles. The molecule has 1 aliphatic rings. The van der Waals surface area contributed by atoms with E-state index in [1.165, 1.54) is 12.7 Å². The Bertz CT molecular complexity index is 1920. The number of likely N-dealkylation sites (N-methyl/N-ethyl adjacent to an activating group) is 1. The summed E-state index contributed by atoms with van der Waals surface area (Å²) in [4.78, 5) is 38.6. The molecule has 1 atom stereocenters. The van der Waals surface area contributed by atoms with Crippen molar-refractivity contribution in [1.29, 1.82) is 0 Å². The second kappa shape index (κ2) is 12.1. The van der Waals surface area contributed by atoms with E-state index in [0.29, 0.717) is 64.9 Å². The molecule has 1 aromatic carbocycles. The lowest BCUT2D eigenvalue weighted by molar-refractivity contribution is -0.127. The van der Waals surface area contributed by atoms with Crippen molar-refractivity contribution < 1.29 is 13.9 Å². The maximum atomic E-state index is 15.6. The van der Waals surface area contributed by atoms with Crippen LogP contribution in [0.3, 0.4) is 0 Å². The highest BCUT2D eigenvalue weighted by atomic mass is 19.1. The minimum absolute atomic E-state index is 0.0286. The first kappa shape index (κ1) is 28.8. The Morgan fingerprint density at radius 1 is 1.18 bits per heavy atom. The molecule has 0 spiro atoms. The molecule has 0 aliphatic carbocycles. The fourth-order valence-corrected chi connectivity index (χ4v) is 4.96. The van der Waals surface area contributed by atoms with Crippen LogP contribution in [0.25, 0.3) is 22.3 Å². The average molecular weight is 595 g/mol. The van der Waals surface area contributed by atoms with E-state index in [9.17, 15) is 4.79 Å². The standard InChI is InChI=1S/C31H31FN10O2/c1-19-14-21(9-12-41(19)27(43)6-5-11-40(3)4)30-33-16-24-29(39-30)31(36-17-34-24)38-23-7-8-25(20(2)28(23)32)44-22-10-13-42-26(15-22)35-18-37-42/h5-8,10,13-19H,9,11-12H2,1-4H3,(H,34,36,38)/b6-5+/t19-/m0/s1. The molecule has 0 fully saturated rings. The molecular weight excluding hydrogens is 563 g/mol. The van der Waals surface area contributed by atoms with Gasteiger partial charge in [0, 0.05) is 43.0 Å². The molecule has 1 amide bonds. The summed E-state index contributed by atoms with van der Waals surface area (Å²) in [6.07, 6.45) is 12.3. The molecule has 12 nitrogen and oxygen atoms in total. The third kappa shape index (κ3) is 5.95. The number of carbonyl (C=O) groups is 1. The van der Waals surface area contributed by atoms with Gasteiger partial charge in [0.05, 0.1) is 11.9 Å². The van der Waals surface area contributed by atoms with E-state index < -0.39 is 5.82 Å². The van der Waals surface area contributed by atoms with Crippen LogP contribution < -0.4 is 10.1 Å². The number of hydrogen-bond acceptors (Lipinski definition) is 10. The van der Waals surface area contributed by atoms with Gasteiger partial charge in [-0.05, 0) is 58.1 Å². The highest BCUT2D eigenvalue weighted by Crippen LogP contribution is 2.33. The summed E-state index contributed by atoms with van der Waals surface area (Å²) in [5.41, 5.74) is 3.04. The molecule has 5 heterocycles. The van der Waals surface area contributed by atoms with Gasteiger partial charge in [-0.1, -0.05) is 12.2 Å². The van der Waals surface area contributed by atoms with E-state index >= 15 is 4.39 Å². The number of anilines is 2. The number of ether oxygens (including phenoxy) is 1. The van der Waals surface area contributed by atoms with Crippen molar-refractivity contribution in [2.75, 3.05) is 32.5 Å². The number of amides is 1. The molecule has 1 N–H and O–H groups in total. The molecule has 0 saturated heterocycles. The van der Waals surface area contributed by atoms with E-state index in [0.717, 1.165) is 5.57 Å². The number of hydrogen-bond donors (Lipinski definition) is 1. The number of nitrogens with zero attached hydrogens (tertiary/aromatic N) is 9. The SMILES string of the molecule is Cc1c(Oc2ccn3ncnc3c2)ccc(Nc2ncnc3cnc(C4=C[C@H](C)N(C(=O)/C=C/CN(C)C)CC4)nc23)c1F. The van der Waals surface area contributed by atoms with Crippen LogP contribution in [0.5, 0.6) is 11.5 Å². The summed E-state index contributed by atoms with van der Waals surface area (Å²) < 4.78 is 23.2. The van der Waals surface area contributed by atoms with Crippen molar-refractivity contribution in [3.63, 3.8) is 0 Å². The summed E-state index contributed by atoms with van der Waals surface area (Å²) in [5, 5.41) is 7.15. The predicted octanol–water partition coefficient (Wildman–Crippen LogP) is 4.57. The van der Waals surface area contributed by atoms with Gasteiger partial charge >= 0.3 is 0 Å². The third-order valence-corrected chi connectivity index (χ3v) is 7.30. The van der Waals surface area contributed by atoms with Gasteiger partial charge in [0.15, 0.2) is 23.1 Å². The number of nitrogens with one attached hydrogen (secondary N) is 1.